The molecule has 1 unspecified atom stereocenters. The van der Waals surface area contributed by atoms with Crippen LogP contribution in [0.3, 0.4) is 0 Å². The molecule has 1 heterocycles. The van der Waals surface area contributed by atoms with Gasteiger partial charge in [0, 0.05) is 22.4 Å². The van der Waals surface area contributed by atoms with Crippen molar-refractivity contribution < 1.29 is 5.11 Å². The molecule has 17 heavy (non-hydrogen) atoms. The molecule has 0 fully saturated rings. The summed E-state index contributed by atoms with van der Waals surface area (Å²) in [6.45, 7) is 3.98. The lowest BCUT2D eigenvalue weighted by Gasteiger charge is -2.14. The van der Waals surface area contributed by atoms with E-state index in [0.717, 1.165) is 26.7 Å². The lowest BCUT2D eigenvalue weighted by Crippen LogP contribution is -2.02. The number of hydrogen-bond donors (Lipinski definition) is 1. The number of aryl methyl sites for hydroxylation is 2. The fraction of sp³-hybridized carbons (Fsp3) is 0.214. The zero-order valence-corrected chi connectivity index (χ0v) is 11.4. The van der Waals surface area contributed by atoms with Gasteiger partial charge in [0.05, 0.1) is 0 Å². The van der Waals surface area contributed by atoms with E-state index in [1.807, 2.05) is 38.1 Å². The van der Waals surface area contributed by atoms with Gasteiger partial charge >= 0.3 is 0 Å². The van der Waals surface area contributed by atoms with E-state index in [4.69, 9.17) is 0 Å². The summed E-state index contributed by atoms with van der Waals surface area (Å²) in [6.07, 6.45) is 2.84. The molecule has 1 N–H and O–H groups in total. The second kappa shape index (κ2) is 4.98. The van der Waals surface area contributed by atoms with Crippen molar-refractivity contribution in [2.75, 3.05) is 0 Å². The first-order valence-corrected chi connectivity index (χ1v) is 6.23. The van der Waals surface area contributed by atoms with Crippen LogP contribution in [0.15, 0.2) is 41.1 Å². The molecule has 0 aliphatic carbocycles. The molecule has 2 nitrogen and oxygen atoms in total. The molecule has 0 saturated heterocycles. The van der Waals surface area contributed by atoms with Crippen LogP contribution in [0.1, 0.15) is 28.4 Å². The van der Waals surface area contributed by atoms with Crippen LogP contribution in [-0.2, 0) is 0 Å². The predicted octanol–water partition coefficient (Wildman–Crippen LogP) is 3.54. The lowest BCUT2D eigenvalue weighted by atomic mass is 10.0. The average Bonchev–Trinajstić information content (AvgIpc) is 2.32. The summed E-state index contributed by atoms with van der Waals surface area (Å²) in [6, 6.07) is 7.83. The highest BCUT2D eigenvalue weighted by Crippen LogP contribution is 2.30. The van der Waals surface area contributed by atoms with E-state index in [1.165, 1.54) is 0 Å². The van der Waals surface area contributed by atoms with E-state index in [0.29, 0.717) is 0 Å². The van der Waals surface area contributed by atoms with E-state index in [-0.39, 0.29) is 0 Å². The Balaban J connectivity index is 2.44. The average molecular weight is 292 g/mol. The molecule has 0 aliphatic rings. The molecule has 0 aliphatic heterocycles. The monoisotopic (exact) mass is 291 g/mol. The number of aliphatic hydroxyl groups is 1. The zero-order chi connectivity index (χ0) is 12.4. The maximum Gasteiger partial charge on any atom is 0.107 e. The number of pyridine rings is 1. The summed E-state index contributed by atoms with van der Waals surface area (Å²) in [5, 5.41) is 10.4. The number of rotatable bonds is 2. The van der Waals surface area contributed by atoms with Gasteiger partial charge in [-0.3, -0.25) is 4.98 Å². The normalized spacial score (nSPS) is 12.5. The van der Waals surface area contributed by atoms with Crippen LogP contribution in [0.4, 0.5) is 0 Å². The third-order valence-electron chi connectivity index (χ3n) is 2.73. The van der Waals surface area contributed by atoms with Crippen LogP contribution in [0, 0.1) is 13.8 Å². The Bertz CT molecular complexity index is 539. The number of nitrogens with zero attached hydrogens (tertiary/aromatic N) is 1. The quantitative estimate of drug-likeness (QED) is 0.918. The molecule has 3 heteroatoms. The Morgan fingerprint density at radius 3 is 2.71 bits per heavy atom. The first-order chi connectivity index (χ1) is 8.09. The summed E-state index contributed by atoms with van der Waals surface area (Å²) in [7, 11) is 0. The highest BCUT2D eigenvalue weighted by Gasteiger charge is 2.14. The Labute approximate surface area is 109 Å². The third kappa shape index (κ3) is 2.56. The Hall–Kier alpha value is -1.19. The Morgan fingerprint density at radius 2 is 2.00 bits per heavy atom. The van der Waals surface area contributed by atoms with Crippen molar-refractivity contribution in [2.45, 2.75) is 20.0 Å². The number of hydrogen-bond acceptors (Lipinski definition) is 2. The first kappa shape index (κ1) is 12.3. The summed E-state index contributed by atoms with van der Waals surface area (Å²) >= 11 is 3.52. The molecule has 88 valence electrons. The highest BCUT2D eigenvalue weighted by molar-refractivity contribution is 9.10. The van der Waals surface area contributed by atoms with Crippen LogP contribution in [0.25, 0.3) is 0 Å². The lowest BCUT2D eigenvalue weighted by molar-refractivity contribution is 0.219. The van der Waals surface area contributed by atoms with Gasteiger partial charge in [-0.1, -0.05) is 40.2 Å². The highest BCUT2D eigenvalue weighted by atomic mass is 79.9. The van der Waals surface area contributed by atoms with Gasteiger partial charge in [-0.25, -0.2) is 0 Å². The zero-order valence-electron chi connectivity index (χ0n) is 9.81. The van der Waals surface area contributed by atoms with E-state index < -0.39 is 6.10 Å². The molecule has 0 radical (unpaired) electrons. The smallest absolute Gasteiger partial charge is 0.107 e. The number of aromatic nitrogens is 1. The second-order valence-corrected chi connectivity index (χ2v) is 4.97. The Morgan fingerprint density at radius 1 is 1.24 bits per heavy atom. The van der Waals surface area contributed by atoms with Gasteiger partial charge in [-0.05, 0) is 30.5 Å². The van der Waals surface area contributed by atoms with Crippen LogP contribution >= 0.6 is 15.9 Å². The van der Waals surface area contributed by atoms with Gasteiger partial charge in [0.1, 0.15) is 6.10 Å². The van der Waals surface area contributed by atoms with Crippen molar-refractivity contribution in [2.24, 2.45) is 0 Å². The van der Waals surface area contributed by atoms with Crippen molar-refractivity contribution in [1.82, 2.24) is 4.98 Å². The fourth-order valence-electron chi connectivity index (χ4n) is 1.79. The van der Waals surface area contributed by atoms with Crippen LogP contribution in [0.2, 0.25) is 0 Å². The standard InChI is InChI=1S/C14H14BrNO/c1-9-6-11(8-16-7-9)14(17)12-5-3-4-10(2)13(12)15/h3-8,14,17H,1-2H3. The first-order valence-electron chi connectivity index (χ1n) is 5.44. The van der Waals surface area contributed by atoms with E-state index in [9.17, 15) is 5.11 Å². The van der Waals surface area contributed by atoms with Crippen molar-refractivity contribution in [3.8, 4) is 0 Å². The van der Waals surface area contributed by atoms with Crippen molar-refractivity contribution in [3.63, 3.8) is 0 Å². The molecule has 0 bridgehead atoms. The molecule has 1 aromatic carbocycles. The second-order valence-electron chi connectivity index (χ2n) is 4.18. The van der Waals surface area contributed by atoms with Gasteiger partial charge in [0.2, 0.25) is 0 Å². The number of aliphatic hydroxyl groups excluding tert-OH is 1. The molecule has 2 rings (SSSR count). The predicted molar refractivity (Wildman–Crippen MR) is 71.9 cm³/mol. The molecule has 1 atom stereocenters. The SMILES string of the molecule is Cc1cncc(C(O)c2cccc(C)c2Br)c1. The van der Waals surface area contributed by atoms with E-state index >= 15 is 0 Å². The molecule has 1 aromatic heterocycles. The number of halogens is 1. The summed E-state index contributed by atoms with van der Waals surface area (Å²) in [5.41, 5.74) is 3.85. The van der Waals surface area contributed by atoms with Crippen molar-refractivity contribution >= 4 is 15.9 Å². The molecule has 0 saturated carbocycles. The molecule has 0 spiro atoms. The summed E-state index contributed by atoms with van der Waals surface area (Å²) in [5.74, 6) is 0. The van der Waals surface area contributed by atoms with Gasteiger partial charge in [-0.15, -0.1) is 0 Å². The van der Waals surface area contributed by atoms with Gasteiger partial charge in [-0.2, -0.15) is 0 Å². The van der Waals surface area contributed by atoms with Crippen LogP contribution in [0.5, 0.6) is 0 Å². The van der Waals surface area contributed by atoms with E-state index in [1.54, 1.807) is 12.4 Å². The fourth-order valence-corrected chi connectivity index (χ4v) is 2.27. The van der Waals surface area contributed by atoms with E-state index in [2.05, 4.69) is 20.9 Å². The maximum atomic E-state index is 10.4. The van der Waals surface area contributed by atoms with Crippen molar-refractivity contribution in [3.05, 3.63) is 63.4 Å². The van der Waals surface area contributed by atoms with Crippen molar-refractivity contribution in [1.29, 1.82) is 0 Å². The third-order valence-corrected chi connectivity index (χ3v) is 3.81. The minimum atomic E-state index is -0.642. The maximum absolute atomic E-state index is 10.4. The van der Waals surface area contributed by atoms with Gasteiger partial charge in [0.15, 0.2) is 0 Å². The molecule has 0 amide bonds. The Kier molecular flexibility index (Phi) is 3.60. The van der Waals surface area contributed by atoms with Gasteiger partial charge < -0.3 is 5.11 Å². The summed E-state index contributed by atoms with van der Waals surface area (Å²) in [4.78, 5) is 4.11. The number of benzene rings is 1. The van der Waals surface area contributed by atoms with Crippen LogP contribution in [-0.4, -0.2) is 10.1 Å². The van der Waals surface area contributed by atoms with Gasteiger partial charge in [0.25, 0.3) is 0 Å². The molecular formula is C14H14BrNO. The van der Waals surface area contributed by atoms with Crippen LogP contribution < -0.4 is 0 Å². The minimum Gasteiger partial charge on any atom is -0.384 e. The minimum absolute atomic E-state index is 0.642. The molecule has 2 aromatic rings. The largest absolute Gasteiger partial charge is 0.384 e. The summed E-state index contributed by atoms with van der Waals surface area (Å²) < 4.78 is 0.953. The molecular weight excluding hydrogens is 278 g/mol. The topological polar surface area (TPSA) is 33.1 Å².